The lowest BCUT2D eigenvalue weighted by atomic mass is 10.1. The van der Waals surface area contributed by atoms with Crippen LogP contribution in [0.2, 0.25) is 0 Å². The number of carbonyl (C=O) groups excluding carboxylic acids is 1. The minimum atomic E-state index is -1.36. The molecule has 3 N–H and O–H groups in total. The van der Waals surface area contributed by atoms with Crippen molar-refractivity contribution in [3.63, 3.8) is 0 Å². The summed E-state index contributed by atoms with van der Waals surface area (Å²) in [5.41, 5.74) is 1.30. The van der Waals surface area contributed by atoms with Crippen LogP contribution >= 0.6 is 11.3 Å². The first-order chi connectivity index (χ1) is 17.3. The first-order valence-corrected chi connectivity index (χ1v) is 13.8. The molecule has 0 radical (unpaired) electrons. The average Bonchev–Trinajstić information content (AvgIpc) is 3.26. The smallest absolute Gasteiger partial charge is 0.321 e. The van der Waals surface area contributed by atoms with Crippen LogP contribution in [-0.4, -0.2) is 60.4 Å². The van der Waals surface area contributed by atoms with Gasteiger partial charge in [-0.3, -0.25) is 14.4 Å². The molecule has 2 unspecified atom stereocenters. The molecule has 3 aromatic rings. The number of benzene rings is 1. The van der Waals surface area contributed by atoms with Gasteiger partial charge in [0.05, 0.1) is 23.0 Å². The second kappa shape index (κ2) is 11.8. The molecular weight excluding hydrogens is 504 g/mol. The number of fused-ring (bicyclic) bond motifs is 1. The van der Waals surface area contributed by atoms with Gasteiger partial charge in [0.2, 0.25) is 5.82 Å². The van der Waals surface area contributed by atoms with Gasteiger partial charge in [0.1, 0.15) is 16.6 Å². The maximum absolute atomic E-state index is 12.6. The highest BCUT2D eigenvalue weighted by Gasteiger charge is 2.31. The van der Waals surface area contributed by atoms with E-state index in [1.165, 1.54) is 11.3 Å². The SMILES string of the molecule is Cc1csc2nc(C(=O)NCc3cccc(OCCCS(=O)N4CCCCC4C(=O)O)c3)[nH]c(=O)c12. The number of rotatable bonds is 10. The van der Waals surface area contributed by atoms with Crippen molar-refractivity contribution in [2.75, 3.05) is 18.9 Å². The molecule has 0 bridgehead atoms. The zero-order valence-electron chi connectivity index (χ0n) is 19.8. The fourth-order valence-corrected chi connectivity index (χ4v) is 6.43. The van der Waals surface area contributed by atoms with E-state index in [9.17, 15) is 23.7 Å². The summed E-state index contributed by atoms with van der Waals surface area (Å²) in [5.74, 6) is -0.498. The van der Waals surface area contributed by atoms with Crippen molar-refractivity contribution in [1.29, 1.82) is 0 Å². The number of aliphatic carboxylic acids is 1. The second-order valence-corrected chi connectivity index (χ2v) is 10.9. The monoisotopic (exact) mass is 532 g/mol. The molecule has 1 amide bonds. The number of carboxylic acid groups (broad SMARTS) is 1. The average molecular weight is 533 g/mol. The highest BCUT2D eigenvalue weighted by molar-refractivity contribution is 7.82. The normalized spacial score (nSPS) is 17.1. The Balaban J connectivity index is 1.26. The molecule has 10 nitrogen and oxygen atoms in total. The molecule has 0 spiro atoms. The summed E-state index contributed by atoms with van der Waals surface area (Å²) in [6.45, 7) is 2.91. The number of aryl methyl sites for hydroxylation is 1. The molecule has 4 rings (SSSR count). The molecule has 0 aliphatic carbocycles. The van der Waals surface area contributed by atoms with Gasteiger partial charge in [-0.15, -0.1) is 11.3 Å². The Bertz CT molecular complexity index is 1340. The Morgan fingerprint density at radius 3 is 3.00 bits per heavy atom. The number of H-pyrrole nitrogens is 1. The van der Waals surface area contributed by atoms with E-state index in [0.717, 1.165) is 24.0 Å². The van der Waals surface area contributed by atoms with Gasteiger partial charge >= 0.3 is 5.97 Å². The van der Waals surface area contributed by atoms with Crippen molar-refractivity contribution in [3.05, 3.63) is 57.0 Å². The van der Waals surface area contributed by atoms with Gasteiger partial charge in [-0.2, -0.15) is 0 Å². The third kappa shape index (κ3) is 6.18. The molecule has 0 saturated carbocycles. The van der Waals surface area contributed by atoms with E-state index in [0.29, 0.717) is 47.7 Å². The number of aromatic amines is 1. The molecule has 192 valence electrons. The molecular formula is C24H28N4O6S2. The lowest BCUT2D eigenvalue weighted by Crippen LogP contribution is -2.46. The minimum absolute atomic E-state index is 0.0337. The third-order valence-corrected chi connectivity index (χ3v) is 8.51. The first kappa shape index (κ1) is 26.0. The summed E-state index contributed by atoms with van der Waals surface area (Å²) >= 11 is 1.32. The van der Waals surface area contributed by atoms with Crippen LogP contribution in [0.5, 0.6) is 5.75 Å². The molecule has 1 saturated heterocycles. The highest BCUT2D eigenvalue weighted by atomic mass is 32.2. The van der Waals surface area contributed by atoms with E-state index < -0.39 is 28.9 Å². The topological polar surface area (TPSA) is 142 Å². The summed E-state index contributed by atoms with van der Waals surface area (Å²) in [6, 6.07) is 6.55. The van der Waals surface area contributed by atoms with Gasteiger partial charge < -0.3 is 20.1 Å². The van der Waals surface area contributed by atoms with E-state index in [2.05, 4.69) is 15.3 Å². The van der Waals surface area contributed by atoms with Crippen molar-refractivity contribution >= 4 is 44.4 Å². The Labute approximate surface area is 214 Å². The number of hydrogen-bond donors (Lipinski definition) is 3. The molecule has 1 aromatic carbocycles. The van der Waals surface area contributed by atoms with Crippen LogP contribution in [0.1, 0.15) is 47.4 Å². The number of thiophene rings is 1. The predicted molar refractivity (Wildman–Crippen MR) is 138 cm³/mol. The van der Waals surface area contributed by atoms with Crippen molar-refractivity contribution in [3.8, 4) is 5.75 Å². The lowest BCUT2D eigenvalue weighted by molar-refractivity contribution is -0.142. The second-order valence-electron chi connectivity index (χ2n) is 8.56. The van der Waals surface area contributed by atoms with E-state index in [1.807, 2.05) is 18.4 Å². The number of carboxylic acids is 1. The van der Waals surface area contributed by atoms with Gasteiger partial charge in [-0.05, 0) is 61.2 Å². The number of carbonyl (C=O) groups is 2. The molecule has 3 heterocycles. The highest BCUT2D eigenvalue weighted by Crippen LogP contribution is 2.21. The van der Waals surface area contributed by atoms with Crippen LogP contribution in [-0.2, 0) is 22.3 Å². The maximum Gasteiger partial charge on any atom is 0.321 e. The zero-order valence-corrected chi connectivity index (χ0v) is 21.5. The van der Waals surface area contributed by atoms with Crippen molar-refractivity contribution in [1.82, 2.24) is 19.6 Å². The quantitative estimate of drug-likeness (QED) is 0.341. The predicted octanol–water partition coefficient (Wildman–Crippen LogP) is 2.59. The minimum Gasteiger partial charge on any atom is -0.494 e. The van der Waals surface area contributed by atoms with Crippen molar-refractivity contribution in [2.24, 2.45) is 0 Å². The van der Waals surface area contributed by atoms with Gasteiger partial charge in [0, 0.05) is 18.8 Å². The van der Waals surface area contributed by atoms with Crippen molar-refractivity contribution in [2.45, 2.75) is 45.2 Å². The fraction of sp³-hybridized carbons (Fsp3) is 0.417. The van der Waals surface area contributed by atoms with Gasteiger partial charge in [-0.25, -0.2) is 13.5 Å². The number of nitrogens with one attached hydrogen (secondary N) is 2. The summed E-state index contributed by atoms with van der Waals surface area (Å²) in [7, 11) is -1.36. The van der Waals surface area contributed by atoms with Gasteiger partial charge in [0.25, 0.3) is 11.5 Å². The number of nitrogens with zero attached hydrogens (tertiary/aromatic N) is 2. The van der Waals surface area contributed by atoms with Gasteiger partial charge in [-0.1, -0.05) is 12.1 Å². The number of hydrogen-bond acceptors (Lipinski definition) is 7. The molecule has 1 fully saturated rings. The zero-order chi connectivity index (χ0) is 25.7. The van der Waals surface area contributed by atoms with E-state index in [4.69, 9.17) is 4.74 Å². The fourth-order valence-electron chi connectivity index (χ4n) is 4.09. The number of piperidine rings is 1. The first-order valence-electron chi connectivity index (χ1n) is 11.7. The van der Waals surface area contributed by atoms with E-state index in [1.54, 1.807) is 22.5 Å². The van der Waals surface area contributed by atoms with Crippen LogP contribution in [0.25, 0.3) is 10.2 Å². The van der Waals surface area contributed by atoms with Crippen LogP contribution < -0.4 is 15.6 Å². The standard InChI is InChI=1S/C24H28N4O6S2/c1-15-14-35-23-19(15)21(29)26-20(27-23)22(30)25-13-16-6-4-7-17(12-16)34-10-5-11-36(33)28-9-3-2-8-18(28)24(31)32/h4,6-7,12,14,18H,2-3,5,8-11,13H2,1H3,(H,25,30)(H,31,32)(H,26,27,29). The molecule has 12 heteroatoms. The lowest BCUT2D eigenvalue weighted by Gasteiger charge is -2.31. The number of aromatic nitrogens is 2. The third-order valence-electron chi connectivity index (χ3n) is 5.93. The van der Waals surface area contributed by atoms with E-state index in [-0.39, 0.29) is 17.9 Å². The number of amides is 1. The Morgan fingerprint density at radius 1 is 1.36 bits per heavy atom. The summed E-state index contributed by atoms with van der Waals surface area (Å²) in [6.07, 6.45) is 2.72. The van der Waals surface area contributed by atoms with Crippen LogP contribution in [0, 0.1) is 6.92 Å². The summed E-state index contributed by atoms with van der Waals surface area (Å²) in [5, 5.41) is 14.4. The maximum atomic E-state index is 12.6. The Morgan fingerprint density at radius 2 is 2.19 bits per heavy atom. The van der Waals surface area contributed by atoms with Crippen LogP contribution in [0.4, 0.5) is 0 Å². The van der Waals surface area contributed by atoms with Gasteiger partial charge in [0.15, 0.2) is 0 Å². The molecule has 2 atom stereocenters. The largest absolute Gasteiger partial charge is 0.494 e. The molecule has 1 aliphatic rings. The summed E-state index contributed by atoms with van der Waals surface area (Å²) < 4.78 is 19.9. The van der Waals surface area contributed by atoms with E-state index >= 15 is 0 Å². The molecule has 36 heavy (non-hydrogen) atoms. The van der Waals surface area contributed by atoms with Crippen molar-refractivity contribution < 1.29 is 23.6 Å². The van der Waals surface area contributed by atoms with Crippen LogP contribution in [0.15, 0.2) is 34.4 Å². The Kier molecular flexibility index (Phi) is 8.49. The summed E-state index contributed by atoms with van der Waals surface area (Å²) in [4.78, 5) is 43.6. The Hall–Kier alpha value is -3.09. The number of ether oxygens (including phenoxy) is 1. The molecule has 1 aliphatic heterocycles. The van der Waals surface area contributed by atoms with Crippen LogP contribution in [0.3, 0.4) is 0 Å². The molecule has 2 aromatic heterocycles.